The number of aromatic nitrogens is 2. The second-order valence-electron chi connectivity index (χ2n) is 34.6. The summed E-state index contributed by atoms with van der Waals surface area (Å²) in [7, 11) is 0. The van der Waals surface area contributed by atoms with Crippen LogP contribution < -0.4 is 28.4 Å². The molecule has 640 valence electrons. The predicted octanol–water partition coefficient (Wildman–Crippen LogP) is 34.1. The first-order valence-electron chi connectivity index (χ1n) is 49.1. The highest BCUT2D eigenvalue weighted by molar-refractivity contribution is 6.42. The van der Waals surface area contributed by atoms with Crippen LogP contribution in [0.1, 0.15) is 438 Å². The third-order valence-electron chi connectivity index (χ3n) is 24.7. The Hall–Kier alpha value is -6.78. The maximum Gasteiger partial charge on any atom is 0.177 e. The Morgan fingerprint density at radius 3 is 0.603 bits per heavy atom. The van der Waals surface area contributed by atoms with Crippen molar-refractivity contribution in [1.82, 2.24) is 9.97 Å². The van der Waals surface area contributed by atoms with Crippen LogP contribution in [0.3, 0.4) is 0 Å². The zero-order valence-electron chi connectivity index (χ0n) is 74.7. The number of hydrogen-bond donors (Lipinski definition) is 0. The number of benzene rings is 7. The van der Waals surface area contributed by atoms with E-state index in [-0.39, 0.29) is 11.4 Å². The molecule has 0 bridgehead atoms. The van der Waals surface area contributed by atoms with Crippen molar-refractivity contribution in [2.24, 2.45) is 0 Å². The number of rotatable bonds is 72. The third-order valence-corrected chi connectivity index (χ3v) is 24.7. The summed E-state index contributed by atoms with van der Waals surface area (Å²) in [6, 6.07) is 26.6. The first-order chi connectivity index (χ1) is 57.5. The van der Waals surface area contributed by atoms with Crippen molar-refractivity contribution in [3.8, 4) is 46.6 Å². The highest BCUT2D eigenvalue weighted by Crippen LogP contribution is 2.53. The molecule has 0 N–H and O–H groups in total. The predicted molar refractivity (Wildman–Crippen MR) is 498 cm³/mol. The average molecular weight is 1590 g/mol. The zero-order chi connectivity index (χ0) is 81.5. The lowest BCUT2D eigenvalue weighted by molar-refractivity contribution is 0.300. The number of fused-ring (bicyclic) bond motifs is 14. The van der Waals surface area contributed by atoms with Crippen LogP contribution in [0.5, 0.6) is 34.5 Å². The summed E-state index contributed by atoms with van der Waals surface area (Å²) in [5.41, 5.74) is 1.13. The number of ether oxygens (including phenoxy) is 6. The van der Waals surface area contributed by atoms with E-state index in [4.69, 9.17) is 38.4 Å². The van der Waals surface area contributed by atoms with E-state index < -0.39 is 0 Å². The molecular weight excluding hydrogens is 1430 g/mol. The minimum atomic E-state index is 0.00289. The second kappa shape index (κ2) is 59.0. The van der Waals surface area contributed by atoms with Crippen LogP contribution in [-0.2, 0) is 0 Å². The summed E-state index contributed by atoms with van der Waals surface area (Å²) in [6.45, 7) is 17.3. The first kappa shape index (κ1) is 94.7. The van der Waals surface area contributed by atoms with Crippen molar-refractivity contribution >= 4 is 75.7 Å². The number of hydrogen-bond acceptors (Lipinski definition) is 10. The van der Waals surface area contributed by atoms with E-state index in [0.717, 1.165) is 176 Å². The maximum atomic E-state index is 11.0. The maximum absolute atomic E-state index is 11.0. The van der Waals surface area contributed by atoms with Crippen LogP contribution in [0.4, 0.5) is 0 Å². The molecule has 0 aliphatic rings. The average Bonchev–Trinajstić information content (AvgIpc) is 0.690. The van der Waals surface area contributed by atoms with Crippen LogP contribution in [0.15, 0.2) is 60.7 Å². The molecule has 0 spiro atoms. The standard InChI is InChI=1S/C106H160N4O6/c1-7-13-19-25-31-37-43-49-55-61-75-111-93-71-73-95(113-77-63-57-51-45-39-33-27-21-15-9-3)99-89(93)81-97(115-79-65-59-53-47-41-35-29-23-17-11-5)85-67-69-87-103(101(85)99)104-88(106-105(87)109-91(83-107)92(84-108)110-106)70-68-86-98(116-80-66-60-54-48-42-36-30-24-18-12-6)82-90-94(112-76-62-56-50-44-38-32-26-20-14-8-2)72-74-96(100(90)102(86)104)114-78-64-58-52-46-40-34-28-22-16-10-4/h67-74,81-82H,7-66,75-80H2,1-6H3. The summed E-state index contributed by atoms with van der Waals surface area (Å²) in [6.07, 6.45) is 74.4. The molecule has 0 saturated heterocycles. The van der Waals surface area contributed by atoms with Gasteiger partial charge in [-0.1, -0.05) is 400 Å². The lowest BCUT2D eigenvalue weighted by atomic mass is 9.87. The number of nitriles is 2. The highest BCUT2D eigenvalue weighted by atomic mass is 16.5. The summed E-state index contributed by atoms with van der Waals surface area (Å²) in [5, 5.41) is 33.1. The van der Waals surface area contributed by atoms with E-state index in [9.17, 15) is 10.5 Å². The van der Waals surface area contributed by atoms with Crippen molar-refractivity contribution in [2.45, 2.75) is 427 Å². The Morgan fingerprint density at radius 2 is 0.379 bits per heavy atom. The van der Waals surface area contributed by atoms with Crippen LogP contribution in [0.25, 0.3) is 75.7 Å². The van der Waals surface area contributed by atoms with E-state index >= 15 is 0 Å². The van der Waals surface area contributed by atoms with Gasteiger partial charge in [-0.15, -0.1) is 0 Å². The van der Waals surface area contributed by atoms with Gasteiger partial charge in [-0.25, -0.2) is 9.97 Å². The fourth-order valence-corrected chi connectivity index (χ4v) is 17.8. The van der Waals surface area contributed by atoms with Gasteiger partial charge in [0.25, 0.3) is 0 Å². The lowest BCUT2D eigenvalue weighted by Gasteiger charge is -2.22. The molecule has 1 aromatic heterocycles. The fourth-order valence-electron chi connectivity index (χ4n) is 17.8. The van der Waals surface area contributed by atoms with Gasteiger partial charge in [0, 0.05) is 64.6 Å². The molecule has 0 radical (unpaired) electrons. The molecule has 0 amide bonds. The van der Waals surface area contributed by atoms with E-state index in [1.165, 1.54) is 308 Å². The van der Waals surface area contributed by atoms with Crippen molar-refractivity contribution < 1.29 is 28.4 Å². The van der Waals surface area contributed by atoms with Crippen molar-refractivity contribution in [1.29, 1.82) is 10.5 Å². The van der Waals surface area contributed by atoms with E-state index in [1.807, 2.05) is 0 Å². The van der Waals surface area contributed by atoms with E-state index in [0.29, 0.717) is 50.7 Å². The lowest BCUT2D eigenvalue weighted by Crippen LogP contribution is -2.04. The summed E-state index contributed by atoms with van der Waals surface area (Å²) in [4.78, 5) is 10.5. The minimum Gasteiger partial charge on any atom is -0.493 e. The van der Waals surface area contributed by atoms with Gasteiger partial charge in [-0.3, -0.25) is 0 Å². The van der Waals surface area contributed by atoms with Gasteiger partial charge in [0.2, 0.25) is 0 Å². The molecule has 8 aromatic rings. The summed E-state index contributed by atoms with van der Waals surface area (Å²) in [5.74, 6) is 4.81. The first-order valence-corrected chi connectivity index (χ1v) is 49.1. The summed E-state index contributed by atoms with van der Waals surface area (Å²) >= 11 is 0. The van der Waals surface area contributed by atoms with Crippen molar-refractivity contribution in [3.63, 3.8) is 0 Å². The molecule has 0 unspecified atom stereocenters. The van der Waals surface area contributed by atoms with Crippen LogP contribution in [-0.4, -0.2) is 49.6 Å². The molecule has 116 heavy (non-hydrogen) atoms. The Morgan fingerprint density at radius 1 is 0.198 bits per heavy atom. The molecule has 0 saturated carbocycles. The van der Waals surface area contributed by atoms with Gasteiger partial charge < -0.3 is 28.4 Å². The molecule has 7 aromatic carbocycles. The SMILES string of the molecule is CCCCCCCCCCCCOc1ccc(OCCCCCCCCCCCC)c2c1cc(OCCCCCCCCCCCC)c1ccc3c4nc(C#N)c(C#N)nc4c4ccc5c(OCCCCCCCCCCCC)cc6c(OCCCCCCCCCCCC)ccc(OCCCCCCCCCCCC)c6c5c4c3c12. The normalized spacial score (nSPS) is 11.7. The highest BCUT2D eigenvalue weighted by Gasteiger charge is 2.27. The van der Waals surface area contributed by atoms with E-state index in [1.54, 1.807) is 0 Å². The Labute approximate surface area is 705 Å². The van der Waals surface area contributed by atoms with Gasteiger partial charge in [0.05, 0.1) is 50.7 Å². The molecule has 0 aliphatic heterocycles. The molecule has 10 heteroatoms. The van der Waals surface area contributed by atoms with Crippen LogP contribution >= 0.6 is 0 Å². The monoisotopic (exact) mass is 1590 g/mol. The van der Waals surface area contributed by atoms with E-state index in [2.05, 4.69) is 114 Å². The minimum absolute atomic E-state index is 0.00289. The van der Waals surface area contributed by atoms with Gasteiger partial charge >= 0.3 is 0 Å². The Bertz CT molecular complexity index is 3800. The molecular formula is C106H160N4O6. The molecule has 8 rings (SSSR count). The zero-order valence-corrected chi connectivity index (χ0v) is 74.7. The Kier molecular flexibility index (Phi) is 48.2. The molecule has 10 nitrogen and oxygen atoms in total. The molecule has 0 atom stereocenters. The van der Waals surface area contributed by atoms with Crippen LogP contribution in [0, 0.1) is 22.7 Å². The van der Waals surface area contributed by atoms with Crippen molar-refractivity contribution in [2.75, 3.05) is 39.6 Å². The van der Waals surface area contributed by atoms with Gasteiger partial charge in [0.1, 0.15) is 46.6 Å². The topological polar surface area (TPSA) is 129 Å². The smallest absolute Gasteiger partial charge is 0.177 e. The largest absolute Gasteiger partial charge is 0.493 e. The fraction of sp³-hybridized carbons (Fsp3) is 0.679. The third kappa shape index (κ3) is 31.7. The second-order valence-corrected chi connectivity index (χ2v) is 34.6. The molecule has 0 aliphatic carbocycles. The quantitative estimate of drug-likeness (QED) is 0.0268. The molecule has 0 fully saturated rings. The van der Waals surface area contributed by atoms with Crippen molar-refractivity contribution in [3.05, 3.63) is 72.1 Å². The van der Waals surface area contributed by atoms with Crippen LogP contribution in [0.2, 0.25) is 0 Å². The number of nitrogens with zero attached hydrogens (tertiary/aromatic N) is 4. The Balaban J connectivity index is 1.37. The summed E-state index contributed by atoms with van der Waals surface area (Å²) < 4.78 is 43.8. The van der Waals surface area contributed by atoms with Gasteiger partial charge in [0.15, 0.2) is 11.4 Å². The molecule has 1 heterocycles. The van der Waals surface area contributed by atoms with Gasteiger partial charge in [-0.2, -0.15) is 10.5 Å². The number of unbranched alkanes of at least 4 members (excludes halogenated alkanes) is 54. The van der Waals surface area contributed by atoms with Gasteiger partial charge in [-0.05, 0) is 87.1 Å².